The van der Waals surface area contributed by atoms with Crippen molar-refractivity contribution in [2.45, 2.75) is 32.3 Å². The minimum atomic E-state index is -0.0910. The summed E-state index contributed by atoms with van der Waals surface area (Å²) < 4.78 is 5.37. The molecule has 20 heavy (non-hydrogen) atoms. The standard InChI is InChI=1S/C17H20O3/c18-12-4-7-14-8-10-16(11-9-14)17(19)20-13-15-5-2-1-3-6-15/h1-7,12,14,16H,8-11,13H2/b7-4+. The molecule has 1 saturated carbocycles. The van der Waals surface area contributed by atoms with E-state index in [2.05, 4.69) is 0 Å². The lowest BCUT2D eigenvalue weighted by Gasteiger charge is -2.25. The minimum Gasteiger partial charge on any atom is -0.461 e. The Morgan fingerprint density at radius 3 is 2.50 bits per heavy atom. The summed E-state index contributed by atoms with van der Waals surface area (Å²) in [6.07, 6.45) is 7.91. The zero-order valence-electron chi connectivity index (χ0n) is 11.5. The van der Waals surface area contributed by atoms with Gasteiger partial charge in [-0.1, -0.05) is 36.4 Å². The molecule has 1 aliphatic rings. The van der Waals surface area contributed by atoms with Gasteiger partial charge in [0.1, 0.15) is 12.9 Å². The van der Waals surface area contributed by atoms with Crippen molar-refractivity contribution in [2.75, 3.05) is 0 Å². The molecular weight excluding hydrogens is 252 g/mol. The average Bonchev–Trinajstić information content (AvgIpc) is 2.52. The third-order valence-electron chi connectivity index (χ3n) is 3.79. The first-order valence-corrected chi connectivity index (χ1v) is 7.12. The summed E-state index contributed by atoms with van der Waals surface area (Å²) in [5.74, 6) is 0.352. The van der Waals surface area contributed by atoms with Crippen molar-refractivity contribution < 1.29 is 14.3 Å². The summed E-state index contributed by atoms with van der Waals surface area (Å²) in [5, 5.41) is 0. The van der Waals surface area contributed by atoms with Gasteiger partial charge in [0.25, 0.3) is 0 Å². The minimum absolute atomic E-state index is 0.0135. The Kier molecular flexibility index (Phi) is 5.54. The first-order chi connectivity index (χ1) is 9.79. The van der Waals surface area contributed by atoms with Crippen LogP contribution in [0.15, 0.2) is 42.5 Å². The molecule has 0 aliphatic heterocycles. The van der Waals surface area contributed by atoms with Crippen LogP contribution in [-0.4, -0.2) is 12.3 Å². The van der Waals surface area contributed by atoms with Crippen molar-refractivity contribution in [3.63, 3.8) is 0 Å². The van der Waals surface area contributed by atoms with Crippen LogP contribution in [0.25, 0.3) is 0 Å². The van der Waals surface area contributed by atoms with Crippen LogP contribution in [0, 0.1) is 11.8 Å². The normalized spacial score (nSPS) is 22.6. The van der Waals surface area contributed by atoms with Gasteiger partial charge in [0.05, 0.1) is 5.92 Å². The van der Waals surface area contributed by atoms with Gasteiger partial charge < -0.3 is 4.74 Å². The molecule has 0 spiro atoms. The smallest absolute Gasteiger partial charge is 0.309 e. The van der Waals surface area contributed by atoms with Gasteiger partial charge in [-0.05, 0) is 43.2 Å². The molecule has 1 fully saturated rings. The molecule has 0 radical (unpaired) electrons. The molecule has 106 valence electrons. The second-order valence-electron chi connectivity index (χ2n) is 5.23. The van der Waals surface area contributed by atoms with E-state index in [9.17, 15) is 9.59 Å². The summed E-state index contributed by atoms with van der Waals surface area (Å²) in [5.41, 5.74) is 1.02. The molecule has 0 atom stereocenters. The summed E-state index contributed by atoms with van der Waals surface area (Å²) in [6, 6.07) is 9.73. The molecule has 0 heterocycles. The predicted octanol–water partition coefficient (Wildman–Crippen LogP) is 3.29. The SMILES string of the molecule is O=C/C=C/C1CCC(C(=O)OCc2ccccc2)CC1. The van der Waals surface area contributed by atoms with Gasteiger partial charge in [-0.2, -0.15) is 0 Å². The Balaban J connectivity index is 1.74. The number of hydrogen-bond acceptors (Lipinski definition) is 3. The molecule has 2 rings (SSSR count). The number of aldehydes is 1. The molecule has 3 nitrogen and oxygen atoms in total. The molecule has 3 heteroatoms. The van der Waals surface area contributed by atoms with Gasteiger partial charge in [0.2, 0.25) is 0 Å². The first-order valence-electron chi connectivity index (χ1n) is 7.12. The molecule has 0 saturated heterocycles. The maximum absolute atomic E-state index is 12.0. The molecule has 1 aromatic carbocycles. The molecule has 0 bridgehead atoms. The van der Waals surface area contributed by atoms with Crippen LogP contribution in [0.4, 0.5) is 0 Å². The lowest BCUT2D eigenvalue weighted by molar-refractivity contribution is -0.151. The molecular formula is C17H20O3. The average molecular weight is 272 g/mol. The van der Waals surface area contributed by atoms with Crippen LogP contribution in [0.3, 0.4) is 0 Å². The summed E-state index contributed by atoms with van der Waals surface area (Å²) in [7, 11) is 0. The number of allylic oxidation sites excluding steroid dienone is 2. The van der Waals surface area contributed by atoms with E-state index in [0.717, 1.165) is 37.5 Å². The molecule has 0 N–H and O–H groups in total. The third kappa shape index (κ3) is 4.34. The van der Waals surface area contributed by atoms with E-state index in [4.69, 9.17) is 4.74 Å². The quantitative estimate of drug-likeness (QED) is 0.469. The summed E-state index contributed by atoms with van der Waals surface area (Å²) in [4.78, 5) is 22.3. The summed E-state index contributed by atoms with van der Waals surface area (Å²) >= 11 is 0. The molecule has 0 aromatic heterocycles. The van der Waals surface area contributed by atoms with Crippen molar-refractivity contribution in [1.82, 2.24) is 0 Å². The van der Waals surface area contributed by atoms with Crippen LogP contribution in [0.1, 0.15) is 31.2 Å². The predicted molar refractivity (Wildman–Crippen MR) is 76.9 cm³/mol. The lowest BCUT2D eigenvalue weighted by Crippen LogP contribution is -2.23. The largest absolute Gasteiger partial charge is 0.461 e. The van der Waals surface area contributed by atoms with Gasteiger partial charge in [-0.15, -0.1) is 0 Å². The maximum Gasteiger partial charge on any atom is 0.309 e. The Morgan fingerprint density at radius 1 is 1.15 bits per heavy atom. The molecule has 0 amide bonds. The second-order valence-corrected chi connectivity index (χ2v) is 5.23. The van der Waals surface area contributed by atoms with Crippen molar-refractivity contribution in [3.8, 4) is 0 Å². The van der Waals surface area contributed by atoms with Crippen molar-refractivity contribution in [3.05, 3.63) is 48.0 Å². The Bertz CT molecular complexity index is 456. The van der Waals surface area contributed by atoms with E-state index in [1.807, 2.05) is 36.4 Å². The fourth-order valence-corrected chi connectivity index (χ4v) is 2.60. The van der Waals surface area contributed by atoms with Crippen LogP contribution in [0.2, 0.25) is 0 Å². The number of rotatable bonds is 5. The summed E-state index contributed by atoms with van der Waals surface area (Å²) in [6.45, 7) is 0.352. The zero-order valence-corrected chi connectivity index (χ0v) is 11.5. The van der Waals surface area contributed by atoms with Gasteiger partial charge in [-0.3, -0.25) is 9.59 Å². The molecule has 1 aromatic rings. The van der Waals surface area contributed by atoms with E-state index in [1.54, 1.807) is 6.08 Å². The van der Waals surface area contributed by atoms with E-state index in [0.29, 0.717) is 12.5 Å². The van der Waals surface area contributed by atoms with Gasteiger partial charge in [0.15, 0.2) is 0 Å². The fraction of sp³-hybridized carbons (Fsp3) is 0.412. The number of carbonyl (C=O) groups excluding carboxylic acids is 2. The van der Waals surface area contributed by atoms with Gasteiger partial charge in [-0.25, -0.2) is 0 Å². The van der Waals surface area contributed by atoms with Crippen LogP contribution in [0.5, 0.6) is 0 Å². The van der Waals surface area contributed by atoms with Crippen molar-refractivity contribution in [1.29, 1.82) is 0 Å². The highest BCUT2D eigenvalue weighted by Crippen LogP contribution is 2.30. The maximum atomic E-state index is 12.0. The molecule has 0 unspecified atom stereocenters. The Labute approximate surface area is 119 Å². The second kappa shape index (κ2) is 7.63. The number of carbonyl (C=O) groups is 2. The third-order valence-corrected chi connectivity index (χ3v) is 3.79. The zero-order chi connectivity index (χ0) is 14.2. The highest BCUT2D eigenvalue weighted by molar-refractivity contribution is 5.72. The van der Waals surface area contributed by atoms with Crippen LogP contribution >= 0.6 is 0 Å². The highest BCUT2D eigenvalue weighted by atomic mass is 16.5. The fourth-order valence-electron chi connectivity index (χ4n) is 2.60. The van der Waals surface area contributed by atoms with Crippen molar-refractivity contribution >= 4 is 12.3 Å². The van der Waals surface area contributed by atoms with Gasteiger partial charge >= 0.3 is 5.97 Å². The van der Waals surface area contributed by atoms with E-state index in [1.165, 1.54) is 0 Å². The van der Waals surface area contributed by atoms with Crippen molar-refractivity contribution in [2.24, 2.45) is 11.8 Å². The monoisotopic (exact) mass is 272 g/mol. The number of ether oxygens (including phenoxy) is 1. The molecule has 1 aliphatic carbocycles. The Morgan fingerprint density at radius 2 is 1.85 bits per heavy atom. The van der Waals surface area contributed by atoms with Gasteiger partial charge in [0, 0.05) is 0 Å². The highest BCUT2D eigenvalue weighted by Gasteiger charge is 2.26. The van der Waals surface area contributed by atoms with E-state index < -0.39 is 0 Å². The first kappa shape index (κ1) is 14.5. The topological polar surface area (TPSA) is 43.4 Å². The van der Waals surface area contributed by atoms with E-state index >= 15 is 0 Å². The van der Waals surface area contributed by atoms with Crippen LogP contribution in [-0.2, 0) is 20.9 Å². The van der Waals surface area contributed by atoms with Crippen LogP contribution < -0.4 is 0 Å². The lowest BCUT2D eigenvalue weighted by atomic mass is 9.82. The number of benzene rings is 1. The van der Waals surface area contributed by atoms with E-state index in [-0.39, 0.29) is 11.9 Å². The number of hydrogen-bond donors (Lipinski definition) is 0. The number of esters is 1. The Hall–Kier alpha value is -1.90.